The maximum Gasteiger partial charge on any atom is 0.263 e. The van der Waals surface area contributed by atoms with Crippen molar-refractivity contribution in [3.63, 3.8) is 0 Å². The van der Waals surface area contributed by atoms with Gasteiger partial charge < -0.3 is 4.90 Å². The molecule has 1 aromatic heterocycles. The number of hydrogen-bond acceptors (Lipinski definition) is 2. The van der Waals surface area contributed by atoms with Gasteiger partial charge in [-0.3, -0.25) is 9.36 Å². The van der Waals surface area contributed by atoms with Gasteiger partial charge in [-0.2, -0.15) is 0 Å². The molecule has 3 heteroatoms. The largest absolute Gasteiger partial charge is 0.309 e. The zero-order chi connectivity index (χ0) is 34.1. The quantitative estimate of drug-likeness (QED) is 0.168. The topological polar surface area (TPSA) is 25.2 Å². The smallest absolute Gasteiger partial charge is 0.263 e. The van der Waals surface area contributed by atoms with E-state index in [9.17, 15) is 4.79 Å². The molecule has 2 aliphatic heterocycles. The average molecular weight is 637 g/mol. The number of aromatic nitrogens is 1. The summed E-state index contributed by atoms with van der Waals surface area (Å²) in [7, 11) is 0. The van der Waals surface area contributed by atoms with Crippen LogP contribution in [0, 0.1) is 55.4 Å². The minimum Gasteiger partial charge on any atom is -0.309 e. The molecule has 240 valence electrons. The molecular weight excluding hydrogens is 597 g/mol. The standard InChI is InChI=1S/C46H40N2O/c1-25-10-14-40(31(7)17-25)47-41-15-11-27(3)21-36(41)46(38-23-29(5)18-32(8)43(38)47)37-22-28(4)12-16-42(37)48-44-35(20-30(6)24-39(44)46)34-19-26(2)9-13-33(34)45(48)49/h9-24H,1-8H3. The van der Waals surface area contributed by atoms with Gasteiger partial charge in [-0.05, 0) is 124 Å². The van der Waals surface area contributed by atoms with E-state index in [0.717, 1.165) is 38.5 Å². The summed E-state index contributed by atoms with van der Waals surface area (Å²) >= 11 is 0. The Morgan fingerprint density at radius 2 is 0.939 bits per heavy atom. The molecule has 0 N–H and O–H groups in total. The molecular formula is C46H40N2O. The fraction of sp³-hybridized carbons (Fsp3) is 0.196. The van der Waals surface area contributed by atoms with Crippen molar-refractivity contribution in [2.45, 2.75) is 60.8 Å². The number of hydrogen-bond donors (Lipinski definition) is 0. The molecule has 1 spiro atoms. The highest BCUT2D eigenvalue weighted by atomic mass is 16.1. The van der Waals surface area contributed by atoms with Crippen LogP contribution in [-0.4, -0.2) is 4.57 Å². The van der Waals surface area contributed by atoms with Gasteiger partial charge in [0.15, 0.2) is 0 Å². The summed E-state index contributed by atoms with van der Waals surface area (Å²) in [6.45, 7) is 17.6. The van der Waals surface area contributed by atoms with Crippen molar-refractivity contribution in [3.05, 3.63) is 174 Å². The van der Waals surface area contributed by atoms with E-state index in [-0.39, 0.29) is 5.56 Å². The van der Waals surface area contributed by atoms with Gasteiger partial charge in [0.05, 0.1) is 28.0 Å². The van der Waals surface area contributed by atoms with Crippen molar-refractivity contribution in [2.24, 2.45) is 0 Å². The Morgan fingerprint density at radius 1 is 0.429 bits per heavy atom. The predicted molar refractivity (Wildman–Crippen MR) is 205 cm³/mol. The normalized spacial score (nSPS) is 15.9. The number of rotatable bonds is 1. The predicted octanol–water partition coefficient (Wildman–Crippen LogP) is 11.1. The summed E-state index contributed by atoms with van der Waals surface area (Å²) in [6.07, 6.45) is 0. The lowest BCUT2D eigenvalue weighted by Gasteiger charge is -2.50. The Bertz CT molecular complexity index is 2680. The minimum atomic E-state index is -0.682. The second-order valence-corrected chi connectivity index (χ2v) is 14.8. The lowest BCUT2D eigenvalue weighted by Crippen LogP contribution is -2.43. The lowest BCUT2D eigenvalue weighted by atomic mass is 9.59. The van der Waals surface area contributed by atoms with Crippen LogP contribution < -0.4 is 10.5 Å². The molecule has 1 atom stereocenters. The molecule has 1 unspecified atom stereocenters. The SMILES string of the molecule is Cc1ccc(N2c3ccc(C)cc3C3(c4cc(C)ccc4-n4c(=O)c5ccc(C)cc5c5cc(C)cc3c54)c3cc(C)cc(C)c32)c(C)c1. The molecule has 0 radical (unpaired) electrons. The first-order valence-electron chi connectivity index (χ1n) is 17.3. The van der Waals surface area contributed by atoms with E-state index >= 15 is 0 Å². The third-order valence-electron chi connectivity index (χ3n) is 11.0. The van der Waals surface area contributed by atoms with Crippen LogP contribution in [0.15, 0.2) is 102 Å². The molecule has 6 aromatic carbocycles. The number of aryl methyl sites for hydroxylation is 8. The average Bonchev–Trinajstić information content (AvgIpc) is 3.04. The van der Waals surface area contributed by atoms with Crippen molar-refractivity contribution in [1.82, 2.24) is 4.57 Å². The highest BCUT2D eigenvalue weighted by Gasteiger charge is 2.51. The molecule has 3 heterocycles. The van der Waals surface area contributed by atoms with Gasteiger partial charge in [-0.15, -0.1) is 0 Å². The molecule has 2 aliphatic rings. The fourth-order valence-electron chi connectivity index (χ4n) is 9.16. The summed E-state index contributed by atoms with van der Waals surface area (Å²) in [5, 5.41) is 2.89. The highest BCUT2D eigenvalue weighted by Crippen LogP contribution is 2.62. The first-order valence-corrected chi connectivity index (χ1v) is 17.3. The van der Waals surface area contributed by atoms with E-state index in [0.29, 0.717) is 0 Å². The van der Waals surface area contributed by atoms with Crippen LogP contribution in [0.4, 0.5) is 17.1 Å². The minimum absolute atomic E-state index is 0.0328. The number of fused-ring (bicyclic) bond motifs is 10. The molecule has 9 rings (SSSR count). The molecule has 7 aromatic rings. The molecule has 49 heavy (non-hydrogen) atoms. The fourth-order valence-corrected chi connectivity index (χ4v) is 9.16. The molecule has 0 saturated heterocycles. The van der Waals surface area contributed by atoms with Gasteiger partial charge in [0.1, 0.15) is 0 Å². The second kappa shape index (κ2) is 10.1. The van der Waals surface area contributed by atoms with E-state index in [4.69, 9.17) is 0 Å². The molecule has 0 bridgehead atoms. The van der Waals surface area contributed by atoms with Gasteiger partial charge in [-0.25, -0.2) is 0 Å². The molecule has 0 amide bonds. The van der Waals surface area contributed by atoms with Crippen LogP contribution in [0.5, 0.6) is 0 Å². The van der Waals surface area contributed by atoms with Gasteiger partial charge >= 0.3 is 0 Å². The zero-order valence-corrected chi connectivity index (χ0v) is 29.5. The Kier molecular flexibility index (Phi) is 6.10. The lowest BCUT2D eigenvalue weighted by molar-refractivity contribution is 0.704. The number of nitrogens with zero attached hydrogens (tertiary/aromatic N) is 2. The maximum atomic E-state index is 14.8. The van der Waals surface area contributed by atoms with E-state index in [2.05, 4.69) is 151 Å². The van der Waals surface area contributed by atoms with Crippen molar-refractivity contribution < 1.29 is 0 Å². The van der Waals surface area contributed by atoms with Crippen LogP contribution in [0.25, 0.3) is 27.4 Å². The maximum absolute atomic E-state index is 14.8. The summed E-state index contributed by atoms with van der Waals surface area (Å²) in [6, 6.07) is 36.1. The van der Waals surface area contributed by atoms with Crippen LogP contribution >= 0.6 is 0 Å². The van der Waals surface area contributed by atoms with E-state index < -0.39 is 5.41 Å². The van der Waals surface area contributed by atoms with Crippen molar-refractivity contribution in [2.75, 3.05) is 4.90 Å². The first kappa shape index (κ1) is 29.7. The summed E-state index contributed by atoms with van der Waals surface area (Å²) in [5.41, 5.74) is 19.4. The monoisotopic (exact) mass is 636 g/mol. The van der Waals surface area contributed by atoms with Gasteiger partial charge in [0.25, 0.3) is 5.56 Å². The van der Waals surface area contributed by atoms with Gasteiger partial charge in [-0.1, -0.05) is 100 Å². The van der Waals surface area contributed by atoms with E-state index in [1.165, 1.54) is 72.7 Å². The Hall–Kier alpha value is -5.41. The molecule has 3 nitrogen and oxygen atoms in total. The van der Waals surface area contributed by atoms with E-state index in [1.54, 1.807) is 0 Å². The van der Waals surface area contributed by atoms with Crippen molar-refractivity contribution in [3.8, 4) is 5.69 Å². The molecule has 0 aliphatic carbocycles. The third-order valence-corrected chi connectivity index (χ3v) is 11.0. The second-order valence-electron chi connectivity index (χ2n) is 14.8. The van der Waals surface area contributed by atoms with Gasteiger partial charge in [0.2, 0.25) is 0 Å². The Balaban J connectivity index is 1.58. The van der Waals surface area contributed by atoms with Crippen LogP contribution in [0.1, 0.15) is 66.8 Å². The van der Waals surface area contributed by atoms with Crippen molar-refractivity contribution in [1.29, 1.82) is 0 Å². The molecule has 0 saturated carbocycles. The highest BCUT2D eigenvalue weighted by molar-refractivity contribution is 6.10. The zero-order valence-electron chi connectivity index (χ0n) is 29.5. The van der Waals surface area contributed by atoms with Gasteiger partial charge in [0, 0.05) is 16.5 Å². The van der Waals surface area contributed by atoms with Crippen LogP contribution in [0.3, 0.4) is 0 Å². The van der Waals surface area contributed by atoms with E-state index in [1.807, 2.05) is 10.6 Å². The first-order chi connectivity index (χ1) is 23.5. The van der Waals surface area contributed by atoms with Crippen molar-refractivity contribution >= 4 is 38.7 Å². The third kappa shape index (κ3) is 3.87. The number of benzene rings is 6. The molecule has 0 fully saturated rings. The Morgan fingerprint density at radius 3 is 1.65 bits per heavy atom. The number of anilines is 3. The van der Waals surface area contributed by atoms with Crippen LogP contribution in [-0.2, 0) is 5.41 Å². The summed E-state index contributed by atoms with van der Waals surface area (Å²) < 4.78 is 2.02. The summed E-state index contributed by atoms with van der Waals surface area (Å²) in [4.78, 5) is 17.3. The number of pyridine rings is 1. The summed E-state index contributed by atoms with van der Waals surface area (Å²) in [5.74, 6) is 0. The van der Waals surface area contributed by atoms with Crippen LogP contribution in [0.2, 0.25) is 0 Å². The Labute approximate surface area is 288 Å².